The smallest absolute Gasteiger partial charge is 0.339 e. The third-order valence-corrected chi connectivity index (χ3v) is 2.69. The van der Waals surface area contributed by atoms with Gasteiger partial charge in [-0.15, -0.1) is 0 Å². The van der Waals surface area contributed by atoms with Crippen molar-refractivity contribution in [1.82, 2.24) is 0 Å². The van der Waals surface area contributed by atoms with Crippen molar-refractivity contribution in [3.05, 3.63) is 32.2 Å². The maximum atomic E-state index is 11.3. The minimum absolute atomic E-state index is 0.241. The SMILES string of the molecule is COC(=O)c1c(Br)cc(Br)cc1C=O. The van der Waals surface area contributed by atoms with Crippen LogP contribution in [0.25, 0.3) is 0 Å². The van der Waals surface area contributed by atoms with E-state index in [0.29, 0.717) is 10.8 Å². The van der Waals surface area contributed by atoms with Gasteiger partial charge in [0.05, 0.1) is 12.7 Å². The zero-order valence-electron chi connectivity index (χ0n) is 7.21. The molecule has 0 unspecified atom stereocenters. The van der Waals surface area contributed by atoms with Gasteiger partial charge in [0.2, 0.25) is 0 Å². The molecule has 0 aliphatic heterocycles. The van der Waals surface area contributed by atoms with Crippen molar-refractivity contribution in [2.75, 3.05) is 7.11 Å². The number of hydrogen-bond acceptors (Lipinski definition) is 3. The largest absolute Gasteiger partial charge is 0.465 e. The molecule has 0 aromatic heterocycles. The average Bonchev–Trinajstić information content (AvgIpc) is 2.15. The number of benzene rings is 1. The number of esters is 1. The van der Waals surface area contributed by atoms with Gasteiger partial charge in [0.15, 0.2) is 6.29 Å². The third kappa shape index (κ3) is 2.22. The second-order valence-corrected chi connectivity index (χ2v) is 4.23. The second kappa shape index (κ2) is 4.70. The third-order valence-electron chi connectivity index (χ3n) is 1.60. The summed E-state index contributed by atoms with van der Waals surface area (Å²) in [5.74, 6) is -0.536. The molecule has 1 rings (SSSR count). The first-order chi connectivity index (χ1) is 6.60. The Morgan fingerprint density at radius 2 is 2.07 bits per heavy atom. The molecule has 0 bridgehead atoms. The summed E-state index contributed by atoms with van der Waals surface area (Å²) in [5.41, 5.74) is 0.531. The van der Waals surface area contributed by atoms with Gasteiger partial charge < -0.3 is 4.74 Å². The fourth-order valence-electron chi connectivity index (χ4n) is 1.00. The normalized spacial score (nSPS) is 9.64. The Morgan fingerprint density at radius 3 is 2.57 bits per heavy atom. The van der Waals surface area contributed by atoms with E-state index in [9.17, 15) is 9.59 Å². The fraction of sp³-hybridized carbons (Fsp3) is 0.111. The molecular weight excluding hydrogens is 316 g/mol. The average molecular weight is 322 g/mol. The Hall–Kier alpha value is -0.680. The van der Waals surface area contributed by atoms with Crippen molar-refractivity contribution in [3.63, 3.8) is 0 Å². The fourth-order valence-corrected chi connectivity index (χ4v) is 2.42. The molecule has 0 heterocycles. The maximum Gasteiger partial charge on any atom is 0.339 e. The molecule has 0 spiro atoms. The summed E-state index contributed by atoms with van der Waals surface area (Å²) in [6.45, 7) is 0. The Bertz CT molecular complexity index is 388. The minimum atomic E-state index is -0.536. The lowest BCUT2D eigenvalue weighted by Gasteiger charge is -2.05. The highest BCUT2D eigenvalue weighted by Crippen LogP contribution is 2.25. The monoisotopic (exact) mass is 320 g/mol. The van der Waals surface area contributed by atoms with Crippen molar-refractivity contribution in [2.24, 2.45) is 0 Å². The van der Waals surface area contributed by atoms with Crippen LogP contribution in [0.2, 0.25) is 0 Å². The Labute approximate surface area is 97.7 Å². The predicted octanol–water partition coefficient (Wildman–Crippen LogP) is 2.81. The Morgan fingerprint density at radius 1 is 1.43 bits per heavy atom. The lowest BCUT2D eigenvalue weighted by atomic mass is 10.1. The summed E-state index contributed by atoms with van der Waals surface area (Å²) >= 11 is 6.41. The summed E-state index contributed by atoms with van der Waals surface area (Å²) in [7, 11) is 1.27. The van der Waals surface area contributed by atoms with Gasteiger partial charge in [0.25, 0.3) is 0 Å². The van der Waals surface area contributed by atoms with Crippen molar-refractivity contribution < 1.29 is 14.3 Å². The van der Waals surface area contributed by atoms with Crippen molar-refractivity contribution >= 4 is 44.1 Å². The molecule has 14 heavy (non-hydrogen) atoms. The minimum Gasteiger partial charge on any atom is -0.465 e. The summed E-state index contributed by atoms with van der Waals surface area (Å²) in [5, 5.41) is 0. The highest BCUT2D eigenvalue weighted by atomic mass is 79.9. The van der Waals surface area contributed by atoms with Gasteiger partial charge in [0, 0.05) is 14.5 Å². The molecular formula is C9H6Br2O3. The highest BCUT2D eigenvalue weighted by Gasteiger charge is 2.16. The van der Waals surface area contributed by atoms with Gasteiger partial charge >= 0.3 is 5.97 Å². The molecule has 3 nitrogen and oxygen atoms in total. The highest BCUT2D eigenvalue weighted by molar-refractivity contribution is 9.11. The van der Waals surface area contributed by atoms with E-state index >= 15 is 0 Å². The zero-order valence-corrected chi connectivity index (χ0v) is 10.4. The Kier molecular flexibility index (Phi) is 3.83. The molecule has 74 valence electrons. The number of carbonyl (C=O) groups is 2. The van der Waals surface area contributed by atoms with E-state index in [1.54, 1.807) is 12.1 Å². The first-order valence-electron chi connectivity index (χ1n) is 3.62. The summed E-state index contributed by atoms with van der Waals surface area (Å²) in [6.07, 6.45) is 0.613. The van der Waals surface area contributed by atoms with Crippen molar-refractivity contribution in [2.45, 2.75) is 0 Å². The molecule has 1 aromatic rings. The molecule has 0 saturated carbocycles. The molecule has 0 amide bonds. The van der Waals surface area contributed by atoms with Gasteiger partial charge in [-0.1, -0.05) is 15.9 Å². The first kappa shape index (κ1) is 11.4. The second-order valence-electron chi connectivity index (χ2n) is 2.46. The molecule has 0 aliphatic rings. The molecule has 0 aliphatic carbocycles. The molecule has 5 heteroatoms. The lowest BCUT2D eigenvalue weighted by Crippen LogP contribution is -2.06. The van der Waals surface area contributed by atoms with E-state index in [1.807, 2.05) is 0 Å². The van der Waals surface area contributed by atoms with E-state index in [4.69, 9.17) is 0 Å². The predicted molar refractivity (Wildman–Crippen MR) is 58.6 cm³/mol. The maximum absolute atomic E-state index is 11.3. The number of ether oxygens (including phenoxy) is 1. The van der Waals surface area contributed by atoms with Crippen LogP contribution in [0.5, 0.6) is 0 Å². The van der Waals surface area contributed by atoms with Crippen LogP contribution in [0.4, 0.5) is 0 Å². The molecule has 0 saturated heterocycles. The van der Waals surface area contributed by atoms with Crippen LogP contribution in [0.3, 0.4) is 0 Å². The number of rotatable bonds is 2. The summed E-state index contributed by atoms with van der Waals surface area (Å²) in [4.78, 5) is 22.0. The van der Waals surface area contributed by atoms with Crippen LogP contribution >= 0.6 is 31.9 Å². The topological polar surface area (TPSA) is 43.4 Å². The molecule has 0 N–H and O–H groups in total. The van der Waals surface area contributed by atoms with Gasteiger partial charge in [-0.2, -0.15) is 0 Å². The van der Waals surface area contributed by atoms with Crippen LogP contribution < -0.4 is 0 Å². The number of aldehydes is 1. The number of carbonyl (C=O) groups excluding carboxylic acids is 2. The Balaban J connectivity index is 3.39. The van der Waals surface area contributed by atoms with Crippen LogP contribution in [0, 0.1) is 0 Å². The van der Waals surface area contributed by atoms with E-state index < -0.39 is 5.97 Å². The zero-order chi connectivity index (χ0) is 10.7. The molecule has 0 fully saturated rings. The van der Waals surface area contributed by atoms with E-state index in [2.05, 4.69) is 36.6 Å². The number of halogens is 2. The van der Waals surface area contributed by atoms with Crippen LogP contribution in [0.15, 0.2) is 21.1 Å². The summed E-state index contributed by atoms with van der Waals surface area (Å²) in [6, 6.07) is 3.24. The van der Waals surface area contributed by atoms with Crippen LogP contribution in [-0.4, -0.2) is 19.4 Å². The van der Waals surface area contributed by atoms with Crippen molar-refractivity contribution in [3.8, 4) is 0 Å². The number of methoxy groups -OCH3 is 1. The van der Waals surface area contributed by atoms with E-state index in [1.165, 1.54) is 7.11 Å². The van der Waals surface area contributed by atoms with Crippen LogP contribution in [-0.2, 0) is 4.74 Å². The number of hydrogen-bond donors (Lipinski definition) is 0. The van der Waals surface area contributed by atoms with Crippen molar-refractivity contribution in [1.29, 1.82) is 0 Å². The van der Waals surface area contributed by atoms with E-state index in [0.717, 1.165) is 4.47 Å². The van der Waals surface area contributed by atoms with E-state index in [-0.39, 0.29) is 11.1 Å². The lowest BCUT2D eigenvalue weighted by molar-refractivity contribution is 0.0597. The van der Waals surface area contributed by atoms with Crippen LogP contribution in [0.1, 0.15) is 20.7 Å². The molecule has 0 radical (unpaired) electrons. The van der Waals surface area contributed by atoms with Gasteiger partial charge in [-0.05, 0) is 28.1 Å². The van der Waals surface area contributed by atoms with Gasteiger partial charge in [-0.3, -0.25) is 4.79 Å². The summed E-state index contributed by atoms with van der Waals surface area (Å²) < 4.78 is 5.81. The standard InChI is InChI=1S/C9H6Br2O3/c1-14-9(13)8-5(4-12)2-6(10)3-7(8)11/h2-4H,1H3. The molecule has 0 atom stereocenters. The quantitative estimate of drug-likeness (QED) is 0.621. The van der Waals surface area contributed by atoms with Gasteiger partial charge in [-0.25, -0.2) is 4.79 Å². The first-order valence-corrected chi connectivity index (χ1v) is 5.21. The molecule has 1 aromatic carbocycles. The van der Waals surface area contributed by atoms with Gasteiger partial charge in [0.1, 0.15) is 0 Å².